The number of hydrogen-bond donors (Lipinski definition) is 1. The quantitative estimate of drug-likeness (QED) is 0.306. The average molecular weight is 548 g/mol. The van der Waals surface area contributed by atoms with Gasteiger partial charge in [-0.15, -0.1) is 0 Å². The van der Waals surface area contributed by atoms with Crippen LogP contribution in [-0.4, -0.2) is 62.7 Å². The molecule has 1 aliphatic rings. The van der Waals surface area contributed by atoms with E-state index in [-0.39, 0.29) is 6.09 Å². The van der Waals surface area contributed by atoms with Crippen molar-refractivity contribution in [2.45, 2.75) is 40.2 Å². The fourth-order valence-electron chi connectivity index (χ4n) is 4.12. The van der Waals surface area contributed by atoms with Crippen molar-refractivity contribution in [2.75, 3.05) is 36.4 Å². The highest BCUT2D eigenvalue weighted by molar-refractivity contribution is 6.36. The number of hydrogen-bond acceptors (Lipinski definition) is 8. The van der Waals surface area contributed by atoms with Crippen LogP contribution in [0.2, 0.25) is 5.02 Å². The summed E-state index contributed by atoms with van der Waals surface area (Å²) in [6, 6.07) is 13.6. The number of anilines is 3. The highest BCUT2D eigenvalue weighted by atomic mass is 35.5. The topological polar surface area (TPSA) is 96.4 Å². The first-order valence-electron chi connectivity index (χ1n) is 13.1. The van der Waals surface area contributed by atoms with Gasteiger partial charge in [0.1, 0.15) is 17.2 Å². The van der Waals surface area contributed by atoms with Gasteiger partial charge in [-0.05, 0) is 45.0 Å². The first-order valence-corrected chi connectivity index (χ1v) is 13.5. The molecule has 0 unspecified atom stereocenters. The van der Waals surface area contributed by atoms with Crippen molar-refractivity contribution >= 4 is 45.9 Å². The molecular weight excluding hydrogens is 514 g/mol. The van der Waals surface area contributed by atoms with E-state index < -0.39 is 5.60 Å². The van der Waals surface area contributed by atoms with E-state index in [0.29, 0.717) is 54.2 Å². The lowest BCUT2D eigenvalue weighted by molar-refractivity contribution is 0.0240. The number of halogens is 1. The van der Waals surface area contributed by atoms with Crippen LogP contribution in [0.25, 0.3) is 22.3 Å². The van der Waals surface area contributed by atoms with Crippen LogP contribution in [0.1, 0.15) is 34.6 Å². The third-order valence-electron chi connectivity index (χ3n) is 5.84. The molecule has 0 aliphatic carbocycles. The number of benzene rings is 1. The number of para-hydroxylation sites is 1. The van der Waals surface area contributed by atoms with Crippen molar-refractivity contribution in [1.82, 2.24) is 24.8 Å². The maximum Gasteiger partial charge on any atom is 0.410 e. The van der Waals surface area contributed by atoms with E-state index in [1.165, 1.54) is 0 Å². The lowest BCUT2D eigenvalue weighted by Crippen LogP contribution is -2.50. The van der Waals surface area contributed by atoms with E-state index in [2.05, 4.69) is 20.2 Å². The lowest BCUT2D eigenvalue weighted by atomic mass is 10.2. The van der Waals surface area contributed by atoms with E-state index in [1.807, 2.05) is 77.1 Å². The molecule has 1 amide bonds. The second-order valence-electron chi connectivity index (χ2n) is 9.76. The summed E-state index contributed by atoms with van der Waals surface area (Å²) in [7, 11) is 0. The third kappa shape index (κ3) is 6.92. The van der Waals surface area contributed by atoms with E-state index >= 15 is 0 Å². The average Bonchev–Trinajstić information content (AvgIpc) is 2.93. The maximum atomic E-state index is 12.5. The van der Waals surface area contributed by atoms with Crippen LogP contribution < -0.4 is 10.2 Å². The minimum atomic E-state index is -0.536. The summed E-state index contributed by atoms with van der Waals surface area (Å²) in [6.07, 6.45) is 4.71. The highest BCUT2D eigenvalue weighted by Crippen LogP contribution is 2.33. The summed E-state index contributed by atoms with van der Waals surface area (Å²) >= 11 is 6.57. The minimum absolute atomic E-state index is 0.308. The normalized spacial score (nSPS) is 13.5. The molecule has 1 N–H and O–H groups in total. The Kier molecular flexibility index (Phi) is 8.81. The standard InChI is InChI=1S/C27H28ClN7O2.C2H6/c1-27(2,3)37-26(36)35-13-11-34(12-14-35)25-23-20(28)16-29-17-21(23)32-24(33-25)18-9-10-30-22(15-18)31-19-7-5-4-6-8-19;1-2/h4-10,15-17H,11-14H2,1-3H3,(H,30,31);1-2H3. The summed E-state index contributed by atoms with van der Waals surface area (Å²) in [5, 5.41) is 4.53. The third-order valence-corrected chi connectivity index (χ3v) is 6.12. The number of rotatable bonds is 4. The van der Waals surface area contributed by atoms with E-state index in [9.17, 15) is 4.79 Å². The summed E-state index contributed by atoms with van der Waals surface area (Å²) < 4.78 is 5.54. The molecule has 4 aromatic rings. The predicted molar refractivity (Wildman–Crippen MR) is 157 cm³/mol. The molecule has 0 radical (unpaired) electrons. The van der Waals surface area contributed by atoms with Crippen molar-refractivity contribution in [3.8, 4) is 11.4 Å². The number of nitrogens with one attached hydrogen (secondary N) is 1. The maximum absolute atomic E-state index is 12.5. The second-order valence-corrected chi connectivity index (χ2v) is 10.2. The molecule has 1 aromatic carbocycles. The molecule has 0 bridgehead atoms. The molecule has 0 atom stereocenters. The Balaban J connectivity index is 0.00000172. The zero-order valence-electron chi connectivity index (χ0n) is 23.0. The molecule has 1 fully saturated rings. The zero-order chi connectivity index (χ0) is 28.0. The molecule has 9 nitrogen and oxygen atoms in total. The Labute approximate surface area is 234 Å². The van der Waals surface area contributed by atoms with Crippen molar-refractivity contribution in [2.24, 2.45) is 0 Å². The van der Waals surface area contributed by atoms with Crippen LogP contribution in [0.4, 0.5) is 22.1 Å². The second kappa shape index (κ2) is 12.3. The number of carbonyl (C=O) groups is 1. The van der Waals surface area contributed by atoms with Gasteiger partial charge in [-0.2, -0.15) is 0 Å². The lowest BCUT2D eigenvalue weighted by Gasteiger charge is -2.36. The number of piperazine rings is 1. The summed E-state index contributed by atoms with van der Waals surface area (Å²) in [5.41, 5.74) is 1.86. The van der Waals surface area contributed by atoms with E-state index in [4.69, 9.17) is 26.3 Å². The van der Waals surface area contributed by atoms with Gasteiger partial charge in [-0.1, -0.05) is 43.6 Å². The number of ether oxygens (including phenoxy) is 1. The fourth-order valence-corrected chi connectivity index (χ4v) is 4.36. The van der Waals surface area contributed by atoms with Gasteiger partial charge >= 0.3 is 6.09 Å². The molecule has 10 heteroatoms. The smallest absolute Gasteiger partial charge is 0.410 e. The number of pyridine rings is 2. The first-order chi connectivity index (χ1) is 18.8. The molecule has 0 saturated carbocycles. The first kappa shape index (κ1) is 28.0. The molecule has 4 heterocycles. The van der Waals surface area contributed by atoms with Crippen LogP contribution in [0.3, 0.4) is 0 Å². The van der Waals surface area contributed by atoms with Crippen LogP contribution in [0.15, 0.2) is 61.1 Å². The van der Waals surface area contributed by atoms with Gasteiger partial charge in [0.2, 0.25) is 0 Å². The summed E-state index contributed by atoms with van der Waals surface area (Å²) in [5.74, 6) is 1.94. The Bertz CT molecular complexity index is 1420. The van der Waals surface area contributed by atoms with Crippen LogP contribution in [0.5, 0.6) is 0 Å². The summed E-state index contributed by atoms with van der Waals surface area (Å²) in [4.78, 5) is 34.8. The number of fused-ring (bicyclic) bond motifs is 1. The number of nitrogens with zero attached hydrogens (tertiary/aromatic N) is 6. The SMILES string of the molecule is CC.CC(C)(C)OC(=O)N1CCN(c2nc(-c3ccnc(Nc4ccccc4)c3)nc3cncc(Cl)c23)CC1. The van der Waals surface area contributed by atoms with Crippen LogP contribution in [0, 0.1) is 0 Å². The zero-order valence-corrected chi connectivity index (χ0v) is 23.7. The molecule has 204 valence electrons. The van der Waals surface area contributed by atoms with Gasteiger partial charge < -0.3 is 19.9 Å². The fraction of sp³-hybridized carbons (Fsp3) is 0.345. The van der Waals surface area contributed by atoms with Crippen molar-refractivity contribution in [3.63, 3.8) is 0 Å². The Hall–Kier alpha value is -3.98. The Morgan fingerprint density at radius 3 is 2.41 bits per heavy atom. The number of carbonyl (C=O) groups excluding carboxylic acids is 1. The Morgan fingerprint density at radius 2 is 1.72 bits per heavy atom. The number of amides is 1. The highest BCUT2D eigenvalue weighted by Gasteiger charge is 2.28. The minimum Gasteiger partial charge on any atom is -0.444 e. The summed E-state index contributed by atoms with van der Waals surface area (Å²) in [6.45, 7) is 11.8. The van der Waals surface area contributed by atoms with Crippen molar-refractivity contribution < 1.29 is 9.53 Å². The molecule has 5 rings (SSSR count). The molecule has 3 aromatic heterocycles. The van der Waals surface area contributed by atoms with Gasteiger partial charge in [0.15, 0.2) is 5.82 Å². The number of aromatic nitrogens is 4. The van der Waals surface area contributed by atoms with Crippen LogP contribution >= 0.6 is 11.6 Å². The van der Waals surface area contributed by atoms with Crippen molar-refractivity contribution in [1.29, 1.82) is 0 Å². The van der Waals surface area contributed by atoms with Gasteiger partial charge in [0, 0.05) is 49.8 Å². The van der Waals surface area contributed by atoms with E-state index in [0.717, 1.165) is 16.6 Å². The van der Waals surface area contributed by atoms with Gasteiger partial charge in [-0.3, -0.25) is 4.98 Å². The molecule has 39 heavy (non-hydrogen) atoms. The molecule has 0 spiro atoms. The molecular formula is C29H34ClN7O2. The largest absolute Gasteiger partial charge is 0.444 e. The molecule has 1 saturated heterocycles. The predicted octanol–water partition coefficient (Wildman–Crippen LogP) is 6.57. The molecule has 1 aliphatic heterocycles. The van der Waals surface area contributed by atoms with E-state index in [1.54, 1.807) is 23.5 Å². The van der Waals surface area contributed by atoms with Gasteiger partial charge in [-0.25, -0.2) is 19.7 Å². The van der Waals surface area contributed by atoms with Crippen LogP contribution in [-0.2, 0) is 4.74 Å². The Morgan fingerprint density at radius 1 is 1.00 bits per heavy atom. The van der Waals surface area contributed by atoms with Crippen molar-refractivity contribution in [3.05, 3.63) is 66.1 Å². The van der Waals surface area contributed by atoms with Gasteiger partial charge in [0.25, 0.3) is 0 Å². The monoisotopic (exact) mass is 547 g/mol. The van der Waals surface area contributed by atoms with Gasteiger partial charge in [0.05, 0.1) is 22.1 Å².